The number of carbonyl (C=O) groups excluding carboxylic acids is 4. The van der Waals surface area contributed by atoms with Crippen molar-refractivity contribution in [2.45, 2.75) is 6.92 Å². The van der Waals surface area contributed by atoms with Crippen LogP contribution in [0.5, 0.6) is 0 Å². The molecule has 0 spiro atoms. The minimum atomic E-state index is -0.786. The summed E-state index contributed by atoms with van der Waals surface area (Å²) in [5.74, 6) is -2.10. The average molecular weight is 496 g/mol. The number of rotatable bonds is 8. The lowest BCUT2D eigenvalue weighted by Crippen LogP contribution is -2.49. The first-order chi connectivity index (χ1) is 17.4. The van der Waals surface area contributed by atoms with Crippen molar-refractivity contribution in [3.8, 4) is 0 Å². The molecular weight excluding hydrogens is 466 g/mol. The number of amides is 1. The van der Waals surface area contributed by atoms with E-state index < -0.39 is 17.9 Å². The molecule has 1 aliphatic heterocycles. The van der Waals surface area contributed by atoms with Crippen LogP contribution >= 0.6 is 0 Å². The number of hydrogen-bond acceptors (Lipinski definition) is 9. The Hall–Kier alpha value is -4.34. The third-order valence-electron chi connectivity index (χ3n) is 5.57. The topological polar surface area (TPSA) is 114 Å². The second-order valence-electron chi connectivity index (χ2n) is 7.80. The third kappa shape index (κ3) is 6.41. The SMILES string of the molecule is CCOC(=O)c1ccc(N2CCN(C(=O)c3ccccc3)CC2)c(N/C(=C/C(=O)OC)C(=O)OC)c1. The second-order valence-corrected chi connectivity index (χ2v) is 7.80. The summed E-state index contributed by atoms with van der Waals surface area (Å²) in [6, 6.07) is 14.0. The normalized spacial score (nSPS) is 13.6. The summed E-state index contributed by atoms with van der Waals surface area (Å²) in [6.45, 7) is 3.90. The Labute approximate surface area is 209 Å². The summed E-state index contributed by atoms with van der Waals surface area (Å²) in [5, 5.41) is 2.91. The smallest absolute Gasteiger partial charge is 0.354 e. The van der Waals surface area contributed by atoms with Crippen LogP contribution in [0.3, 0.4) is 0 Å². The van der Waals surface area contributed by atoms with Crippen LogP contribution < -0.4 is 10.2 Å². The molecule has 10 heteroatoms. The van der Waals surface area contributed by atoms with Crippen LogP contribution in [-0.2, 0) is 23.8 Å². The first-order valence-electron chi connectivity index (χ1n) is 11.4. The van der Waals surface area contributed by atoms with Crippen LogP contribution in [0.1, 0.15) is 27.6 Å². The maximum Gasteiger partial charge on any atom is 0.354 e. The van der Waals surface area contributed by atoms with Crippen LogP contribution in [-0.4, -0.2) is 75.7 Å². The van der Waals surface area contributed by atoms with Gasteiger partial charge in [0, 0.05) is 31.7 Å². The summed E-state index contributed by atoms with van der Waals surface area (Å²) in [4.78, 5) is 53.1. The van der Waals surface area contributed by atoms with E-state index in [4.69, 9.17) is 9.47 Å². The Morgan fingerprint density at radius 2 is 1.61 bits per heavy atom. The maximum absolute atomic E-state index is 12.8. The van der Waals surface area contributed by atoms with E-state index in [1.807, 2.05) is 23.1 Å². The number of piperazine rings is 1. The summed E-state index contributed by atoms with van der Waals surface area (Å²) < 4.78 is 14.5. The van der Waals surface area contributed by atoms with Crippen LogP contribution in [0, 0.1) is 0 Å². The largest absolute Gasteiger partial charge is 0.466 e. The number of nitrogens with zero attached hydrogens (tertiary/aromatic N) is 2. The molecule has 0 bridgehead atoms. The molecule has 3 rings (SSSR count). The Morgan fingerprint density at radius 1 is 0.917 bits per heavy atom. The molecular formula is C26H29N3O7. The highest BCUT2D eigenvalue weighted by molar-refractivity contribution is 6.00. The van der Waals surface area contributed by atoms with E-state index in [-0.39, 0.29) is 23.8 Å². The van der Waals surface area contributed by atoms with Crippen molar-refractivity contribution in [1.82, 2.24) is 4.90 Å². The molecule has 0 aliphatic carbocycles. The molecule has 0 saturated carbocycles. The van der Waals surface area contributed by atoms with Gasteiger partial charge in [0.05, 0.1) is 43.8 Å². The molecule has 36 heavy (non-hydrogen) atoms. The zero-order chi connectivity index (χ0) is 26.1. The van der Waals surface area contributed by atoms with Crippen molar-refractivity contribution >= 4 is 35.2 Å². The fourth-order valence-corrected chi connectivity index (χ4v) is 3.74. The first kappa shape index (κ1) is 26.3. The van der Waals surface area contributed by atoms with Crippen molar-refractivity contribution in [2.24, 2.45) is 0 Å². The molecule has 1 saturated heterocycles. The molecule has 0 unspecified atom stereocenters. The molecule has 1 amide bonds. The van der Waals surface area contributed by atoms with E-state index in [0.29, 0.717) is 43.1 Å². The van der Waals surface area contributed by atoms with Gasteiger partial charge in [0.15, 0.2) is 0 Å². The van der Waals surface area contributed by atoms with Crippen LogP contribution in [0.4, 0.5) is 11.4 Å². The zero-order valence-corrected chi connectivity index (χ0v) is 20.5. The minimum Gasteiger partial charge on any atom is -0.466 e. The Kier molecular flexibility index (Phi) is 9.04. The van der Waals surface area contributed by atoms with Gasteiger partial charge >= 0.3 is 17.9 Å². The fourth-order valence-electron chi connectivity index (χ4n) is 3.74. The standard InChI is InChI=1S/C26H29N3O7/c1-4-36-25(32)19-10-11-22(20(16-19)27-21(26(33)35-3)17-23(30)34-2)28-12-14-29(15-13-28)24(31)18-8-6-5-7-9-18/h5-11,16-17,27H,4,12-15H2,1-3H3/b21-17+. The minimum absolute atomic E-state index is 0.0414. The Balaban J connectivity index is 1.88. The van der Waals surface area contributed by atoms with Crippen molar-refractivity contribution in [1.29, 1.82) is 0 Å². The lowest BCUT2D eigenvalue weighted by molar-refractivity contribution is -0.138. The van der Waals surface area contributed by atoms with E-state index in [9.17, 15) is 19.2 Å². The highest BCUT2D eigenvalue weighted by Gasteiger charge is 2.25. The van der Waals surface area contributed by atoms with Gasteiger partial charge in [0.1, 0.15) is 5.70 Å². The molecule has 0 aromatic heterocycles. The van der Waals surface area contributed by atoms with Crippen LogP contribution in [0.25, 0.3) is 0 Å². The average Bonchev–Trinajstić information content (AvgIpc) is 2.92. The lowest BCUT2D eigenvalue weighted by Gasteiger charge is -2.37. The number of ether oxygens (including phenoxy) is 3. The third-order valence-corrected chi connectivity index (χ3v) is 5.57. The number of esters is 3. The predicted octanol–water partition coefficient (Wildman–Crippen LogP) is 2.47. The quantitative estimate of drug-likeness (QED) is 0.335. The van der Waals surface area contributed by atoms with Crippen molar-refractivity contribution in [3.05, 3.63) is 71.4 Å². The number of methoxy groups -OCH3 is 2. The molecule has 190 valence electrons. The molecule has 1 heterocycles. The van der Waals surface area contributed by atoms with E-state index in [1.165, 1.54) is 14.2 Å². The number of anilines is 2. The molecule has 2 aromatic rings. The van der Waals surface area contributed by atoms with Crippen molar-refractivity contribution < 1.29 is 33.4 Å². The van der Waals surface area contributed by atoms with Gasteiger partial charge < -0.3 is 29.3 Å². The molecule has 10 nitrogen and oxygen atoms in total. The van der Waals surface area contributed by atoms with Gasteiger partial charge in [0.25, 0.3) is 5.91 Å². The first-order valence-corrected chi connectivity index (χ1v) is 11.4. The summed E-state index contributed by atoms with van der Waals surface area (Å²) >= 11 is 0. The number of carbonyl (C=O) groups is 4. The van der Waals surface area contributed by atoms with Crippen molar-refractivity contribution in [2.75, 3.05) is 57.2 Å². The molecule has 0 atom stereocenters. The van der Waals surface area contributed by atoms with Gasteiger partial charge in [0.2, 0.25) is 0 Å². The number of benzene rings is 2. The maximum atomic E-state index is 12.8. The summed E-state index contributed by atoms with van der Waals surface area (Å²) in [7, 11) is 2.38. The molecule has 2 aromatic carbocycles. The van der Waals surface area contributed by atoms with Crippen LogP contribution in [0.2, 0.25) is 0 Å². The highest BCUT2D eigenvalue weighted by Crippen LogP contribution is 2.30. The second kappa shape index (κ2) is 12.4. The molecule has 1 aliphatic rings. The van der Waals surface area contributed by atoms with Gasteiger partial charge in [-0.15, -0.1) is 0 Å². The lowest BCUT2D eigenvalue weighted by atomic mass is 10.1. The summed E-state index contributed by atoms with van der Waals surface area (Å²) in [6.07, 6.45) is 0.975. The Bertz CT molecular complexity index is 1140. The van der Waals surface area contributed by atoms with E-state index in [1.54, 1.807) is 42.2 Å². The van der Waals surface area contributed by atoms with Gasteiger partial charge in [-0.2, -0.15) is 0 Å². The van der Waals surface area contributed by atoms with E-state index >= 15 is 0 Å². The molecule has 1 fully saturated rings. The molecule has 1 N–H and O–H groups in total. The van der Waals surface area contributed by atoms with Gasteiger partial charge in [-0.1, -0.05) is 18.2 Å². The van der Waals surface area contributed by atoms with Gasteiger partial charge in [-0.05, 0) is 37.3 Å². The van der Waals surface area contributed by atoms with Crippen LogP contribution in [0.15, 0.2) is 60.3 Å². The number of hydrogen-bond donors (Lipinski definition) is 1. The predicted molar refractivity (Wildman–Crippen MR) is 133 cm³/mol. The summed E-state index contributed by atoms with van der Waals surface area (Å²) in [5.41, 5.74) is 1.80. The van der Waals surface area contributed by atoms with Crippen molar-refractivity contribution in [3.63, 3.8) is 0 Å². The number of nitrogens with one attached hydrogen (secondary N) is 1. The highest BCUT2D eigenvalue weighted by atomic mass is 16.5. The van der Waals surface area contributed by atoms with Gasteiger partial charge in [-0.25, -0.2) is 14.4 Å². The fraction of sp³-hybridized carbons (Fsp3) is 0.308. The Morgan fingerprint density at radius 3 is 2.22 bits per heavy atom. The van der Waals surface area contributed by atoms with Gasteiger partial charge in [-0.3, -0.25) is 4.79 Å². The zero-order valence-electron chi connectivity index (χ0n) is 20.5. The van der Waals surface area contributed by atoms with E-state index in [2.05, 4.69) is 10.1 Å². The van der Waals surface area contributed by atoms with E-state index in [0.717, 1.165) is 6.08 Å². The monoisotopic (exact) mass is 495 g/mol. The molecule has 0 radical (unpaired) electrons.